The van der Waals surface area contributed by atoms with Crippen LogP contribution in [0, 0.1) is 3.57 Å². The van der Waals surface area contributed by atoms with Gasteiger partial charge in [-0.2, -0.15) is 5.10 Å². The minimum absolute atomic E-state index is 0.943. The summed E-state index contributed by atoms with van der Waals surface area (Å²) in [5.41, 5.74) is 6.74. The molecular formula is C20H13IN2. The lowest BCUT2D eigenvalue weighted by Gasteiger charge is -1.98. The fourth-order valence-electron chi connectivity index (χ4n) is 2.80. The summed E-state index contributed by atoms with van der Waals surface area (Å²) in [5, 5.41) is 8.82. The van der Waals surface area contributed by atoms with Crippen LogP contribution in [0.2, 0.25) is 0 Å². The van der Waals surface area contributed by atoms with Crippen molar-refractivity contribution in [2.24, 2.45) is 10.2 Å². The second-order valence-electron chi connectivity index (χ2n) is 5.34. The summed E-state index contributed by atoms with van der Waals surface area (Å²) in [7, 11) is 0. The quantitative estimate of drug-likeness (QED) is 0.249. The predicted octanol–water partition coefficient (Wildman–Crippen LogP) is 5.14. The van der Waals surface area contributed by atoms with E-state index in [0.29, 0.717) is 0 Å². The maximum absolute atomic E-state index is 4.51. The molecule has 1 aliphatic carbocycles. The van der Waals surface area contributed by atoms with Gasteiger partial charge in [-0.25, -0.2) is 0 Å². The SMILES string of the molecule is Ic1ccc(C=NN=C2c3ccccc3-c3ccccc32)cc1. The Balaban J connectivity index is 1.75. The van der Waals surface area contributed by atoms with Gasteiger partial charge in [-0.3, -0.25) is 0 Å². The monoisotopic (exact) mass is 408 g/mol. The fraction of sp³-hybridized carbons (Fsp3) is 0. The van der Waals surface area contributed by atoms with Crippen LogP contribution in [0.25, 0.3) is 11.1 Å². The average molecular weight is 408 g/mol. The van der Waals surface area contributed by atoms with E-state index in [4.69, 9.17) is 0 Å². The molecule has 0 atom stereocenters. The number of rotatable bonds is 2. The molecule has 1 aliphatic rings. The summed E-state index contributed by atoms with van der Waals surface area (Å²) in [6, 6.07) is 24.9. The van der Waals surface area contributed by atoms with E-state index in [1.54, 1.807) is 6.21 Å². The third-order valence-corrected chi connectivity index (χ3v) is 4.61. The Morgan fingerprint density at radius 2 is 1.17 bits per heavy atom. The van der Waals surface area contributed by atoms with E-state index in [1.165, 1.54) is 14.7 Å². The Kier molecular flexibility index (Phi) is 3.79. The van der Waals surface area contributed by atoms with Crippen molar-refractivity contribution >= 4 is 34.5 Å². The van der Waals surface area contributed by atoms with Gasteiger partial charge in [-0.05, 0) is 51.4 Å². The Hall–Kier alpha value is -2.27. The molecular weight excluding hydrogens is 395 g/mol. The van der Waals surface area contributed by atoms with E-state index in [0.717, 1.165) is 22.4 Å². The van der Waals surface area contributed by atoms with E-state index < -0.39 is 0 Å². The van der Waals surface area contributed by atoms with Crippen LogP contribution < -0.4 is 0 Å². The molecule has 0 heterocycles. The Morgan fingerprint density at radius 3 is 1.74 bits per heavy atom. The number of benzene rings is 3. The highest BCUT2D eigenvalue weighted by atomic mass is 127. The number of nitrogens with zero attached hydrogens (tertiary/aromatic N) is 2. The van der Waals surface area contributed by atoms with Gasteiger partial charge >= 0.3 is 0 Å². The molecule has 0 aromatic heterocycles. The molecule has 3 aromatic rings. The first-order chi connectivity index (χ1) is 11.3. The summed E-state index contributed by atoms with van der Waals surface area (Å²) in [6.45, 7) is 0. The van der Waals surface area contributed by atoms with Gasteiger partial charge in [0.1, 0.15) is 5.71 Å². The highest BCUT2D eigenvalue weighted by Crippen LogP contribution is 2.36. The lowest BCUT2D eigenvalue weighted by atomic mass is 10.1. The van der Waals surface area contributed by atoms with Crippen LogP contribution in [0.4, 0.5) is 0 Å². The summed E-state index contributed by atoms with van der Waals surface area (Å²) in [5.74, 6) is 0. The van der Waals surface area contributed by atoms with Gasteiger partial charge in [0, 0.05) is 14.7 Å². The maximum atomic E-state index is 4.51. The molecule has 0 spiro atoms. The normalized spacial score (nSPS) is 12.3. The average Bonchev–Trinajstić information content (AvgIpc) is 2.91. The fourth-order valence-corrected chi connectivity index (χ4v) is 3.16. The van der Waals surface area contributed by atoms with Crippen molar-refractivity contribution in [2.45, 2.75) is 0 Å². The van der Waals surface area contributed by atoms with E-state index in [9.17, 15) is 0 Å². The van der Waals surface area contributed by atoms with Gasteiger partial charge in [0.2, 0.25) is 0 Å². The number of hydrogen-bond donors (Lipinski definition) is 0. The van der Waals surface area contributed by atoms with E-state index >= 15 is 0 Å². The summed E-state index contributed by atoms with van der Waals surface area (Å²) < 4.78 is 1.21. The Labute approximate surface area is 148 Å². The molecule has 0 N–H and O–H groups in total. The first kappa shape index (κ1) is 14.3. The van der Waals surface area contributed by atoms with E-state index in [2.05, 4.69) is 81.3 Å². The molecule has 0 unspecified atom stereocenters. The van der Waals surface area contributed by atoms with Crippen molar-refractivity contribution in [1.29, 1.82) is 0 Å². The molecule has 0 bridgehead atoms. The summed E-state index contributed by atoms with van der Waals surface area (Å²) >= 11 is 2.29. The van der Waals surface area contributed by atoms with Crippen LogP contribution in [-0.2, 0) is 0 Å². The zero-order chi connectivity index (χ0) is 15.6. The highest BCUT2D eigenvalue weighted by Gasteiger charge is 2.23. The van der Waals surface area contributed by atoms with E-state index in [1.807, 2.05) is 24.3 Å². The first-order valence-electron chi connectivity index (χ1n) is 7.39. The molecule has 3 heteroatoms. The van der Waals surface area contributed by atoms with Crippen LogP contribution in [0.1, 0.15) is 16.7 Å². The molecule has 0 saturated heterocycles. The minimum atomic E-state index is 0.943. The summed E-state index contributed by atoms with van der Waals surface area (Å²) in [4.78, 5) is 0. The number of hydrogen-bond acceptors (Lipinski definition) is 2. The molecule has 4 rings (SSSR count). The molecule has 0 radical (unpaired) electrons. The molecule has 0 amide bonds. The van der Waals surface area contributed by atoms with Crippen molar-refractivity contribution in [3.8, 4) is 11.1 Å². The second kappa shape index (κ2) is 6.08. The molecule has 3 aromatic carbocycles. The van der Waals surface area contributed by atoms with Gasteiger partial charge < -0.3 is 0 Å². The van der Waals surface area contributed by atoms with Gasteiger partial charge in [-0.15, -0.1) is 5.10 Å². The predicted molar refractivity (Wildman–Crippen MR) is 104 cm³/mol. The van der Waals surface area contributed by atoms with E-state index in [-0.39, 0.29) is 0 Å². The first-order valence-corrected chi connectivity index (χ1v) is 8.46. The lowest BCUT2D eigenvalue weighted by Crippen LogP contribution is -1.97. The zero-order valence-electron chi connectivity index (χ0n) is 12.3. The van der Waals surface area contributed by atoms with Crippen molar-refractivity contribution in [3.63, 3.8) is 0 Å². The maximum Gasteiger partial charge on any atom is 0.101 e. The molecule has 0 fully saturated rings. The van der Waals surface area contributed by atoms with Crippen molar-refractivity contribution in [3.05, 3.63) is 93.1 Å². The van der Waals surface area contributed by atoms with Gasteiger partial charge in [0.15, 0.2) is 0 Å². The molecule has 2 nitrogen and oxygen atoms in total. The van der Waals surface area contributed by atoms with Gasteiger partial charge in [0.05, 0.1) is 6.21 Å². The van der Waals surface area contributed by atoms with Crippen molar-refractivity contribution in [1.82, 2.24) is 0 Å². The smallest absolute Gasteiger partial charge is 0.101 e. The molecule has 23 heavy (non-hydrogen) atoms. The van der Waals surface area contributed by atoms with Crippen LogP contribution >= 0.6 is 22.6 Å². The zero-order valence-corrected chi connectivity index (χ0v) is 14.4. The summed E-state index contributed by atoms with van der Waals surface area (Å²) in [6.07, 6.45) is 1.80. The lowest BCUT2D eigenvalue weighted by molar-refractivity contribution is 1.25. The Bertz CT molecular complexity index is 877. The minimum Gasteiger partial charge on any atom is -0.158 e. The Morgan fingerprint density at radius 1 is 0.652 bits per heavy atom. The number of halogens is 1. The number of fused-ring (bicyclic) bond motifs is 3. The second-order valence-corrected chi connectivity index (χ2v) is 6.58. The van der Waals surface area contributed by atoms with Gasteiger partial charge in [0.25, 0.3) is 0 Å². The van der Waals surface area contributed by atoms with Crippen molar-refractivity contribution in [2.75, 3.05) is 0 Å². The van der Waals surface area contributed by atoms with Crippen LogP contribution in [0.15, 0.2) is 83.0 Å². The van der Waals surface area contributed by atoms with Crippen LogP contribution in [0.5, 0.6) is 0 Å². The highest BCUT2D eigenvalue weighted by molar-refractivity contribution is 14.1. The van der Waals surface area contributed by atoms with Gasteiger partial charge in [-0.1, -0.05) is 60.7 Å². The standard InChI is InChI=1S/C20H13IN2/c21-15-11-9-14(10-12-15)13-22-23-20-18-7-3-1-5-16(18)17-6-2-4-8-19(17)20/h1-13H. The topological polar surface area (TPSA) is 24.7 Å². The van der Waals surface area contributed by atoms with Crippen LogP contribution in [0.3, 0.4) is 0 Å². The third-order valence-electron chi connectivity index (χ3n) is 3.89. The third kappa shape index (κ3) is 2.72. The molecule has 0 saturated carbocycles. The van der Waals surface area contributed by atoms with Crippen molar-refractivity contribution < 1.29 is 0 Å². The molecule has 0 aliphatic heterocycles. The molecule has 110 valence electrons. The van der Waals surface area contributed by atoms with Crippen LogP contribution in [-0.4, -0.2) is 11.9 Å². The largest absolute Gasteiger partial charge is 0.158 e.